The van der Waals surface area contributed by atoms with E-state index in [1.54, 1.807) is 0 Å². The monoisotopic (exact) mass is 307 g/mol. The lowest BCUT2D eigenvalue weighted by atomic mass is 10.2. The Morgan fingerprint density at radius 2 is 1.96 bits per heavy atom. The van der Waals surface area contributed by atoms with Gasteiger partial charge < -0.3 is 14.5 Å². The molecule has 2 saturated carbocycles. The van der Waals surface area contributed by atoms with Gasteiger partial charge in [0.25, 0.3) is 5.91 Å². The number of aryl methyl sites for hydroxylation is 1. The maximum atomic E-state index is 12.5. The van der Waals surface area contributed by atoms with Crippen molar-refractivity contribution >= 4 is 27.8 Å². The summed E-state index contributed by atoms with van der Waals surface area (Å²) in [7, 11) is 2.01. The number of para-hydroxylation sites is 1. The van der Waals surface area contributed by atoms with Crippen molar-refractivity contribution in [1.29, 1.82) is 0 Å². The van der Waals surface area contributed by atoms with Gasteiger partial charge in [0, 0.05) is 25.0 Å². The summed E-state index contributed by atoms with van der Waals surface area (Å²) >= 11 is 0. The molecule has 5 rings (SSSR count). The van der Waals surface area contributed by atoms with Gasteiger partial charge in [-0.3, -0.25) is 4.79 Å². The number of rotatable bonds is 4. The number of aromatic nitrogens is 2. The Morgan fingerprint density at radius 3 is 2.70 bits per heavy atom. The largest absolute Gasteiger partial charge is 0.348 e. The van der Waals surface area contributed by atoms with Gasteiger partial charge in [-0.2, -0.15) is 0 Å². The zero-order valence-electron chi connectivity index (χ0n) is 13.4. The van der Waals surface area contributed by atoms with E-state index in [1.807, 2.05) is 7.05 Å². The van der Waals surface area contributed by atoms with Crippen LogP contribution in [0.25, 0.3) is 21.9 Å². The molecule has 2 aliphatic carbocycles. The van der Waals surface area contributed by atoms with Crippen LogP contribution >= 0.6 is 0 Å². The third-order valence-corrected chi connectivity index (χ3v) is 5.24. The van der Waals surface area contributed by atoms with Crippen LogP contribution in [0.15, 0.2) is 30.3 Å². The van der Waals surface area contributed by atoms with Crippen LogP contribution < -0.4 is 5.32 Å². The molecule has 4 nitrogen and oxygen atoms in total. The van der Waals surface area contributed by atoms with Crippen molar-refractivity contribution < 1.29 is 4.79 Å². The molecule has 0 aliphatic heterocycles. The standard InChI is InChI=1S/C19H21N3O/c1-21-17(19(23)20-13-8-9-13)10-16-18(21)14-4-2-3-5-15(14)22(16)11-12-6-7-12/h2-5,10,12-13H,6-9,11H2,1H3,(H,20,23). The van der Waals surface area contributed by atoms with Gasteiger partial charge in [-0.1, -0.05) is 18.2 Å². The lowest BCUT2D eigenvalue weighted by molar-refractivity contribution is 0.0943. The number of amides is 1. The number of nitrogens with one attached hydrogen (secondary N) is 1. The summed E-state index contributed by atoms with van der Waals surface area (Å²) in [5.41, 5.74) is 4.44. The van der Waals surface area contributed by atoms with Crippen molar-refractivity contribution in [3.05, 3.63) is 36.0 Å². The number of nitrogens with zero attached hydrogens (tertiary/aromatic N) is 2. The molecule has 4 heteroatoms. The van der Waals surface area contributed by atoms with Crippen LogP contribution in [-0.4, -0.2) is 21.1 Å². The average Bonchev–Trinajstić information content (AvgIpc) is 3.46. The Hall–Kier alpha value is -2.23. The van der Waals surface area contributed by atoms with E-state index < -0.39 is 0 Å². The van der Waals surface area contributed by atoms with Crippen molar-refractivity contribution in [2.24, 2.45) is 13.0 Å². The van der Waals surface area contributed by atoms with E-state index in [-0.39, 0.29) is 5.91 Å². The van der Waals surface area contributed by atoms with Crippen LogP contribution in [0.4, 0.5) is 0 Å². The van der Waals surface area contributed by atoms with Gasteiger partial charge >= 0.3 is 0 Å². The molecule has 3 aromatic rings. The number of carbonyl (C=O) groups is 1. The summed E-state index contributed by atoms with van der Waals surface area (Å²) in [5, 5.41) is 4.36. The smallest absolute Gasteiger partial charge is 0.268 e. The van der Waals surface area contributed by atoms with Gasteiger partial charge in [0.2, 0.25) is 0 Å². The highest BCUT2D eigenvalue weighted by molar-refractivity contribution is 6.10. The van der Waals surface area contributed by atoms with Gasteiger partial charge in [-0.15, -0.1) is 0 Å². The second-order valence-corrected chi connectivity index (χ2v) is 7.14. The van der Waals surface area contributed by atoms with Gasteiger partial charge in [0.1, 0.15) is 5.69 Å². The molecule has 2 aliphatic rings. The van der Waals surface area contributed by atoms with Crippen LogP contribution in [0, 0.1) is 5.92 Å². The van der Waals surface area contributed by atoms with E-state index in [2.05, 4.69) is 44.8 Å². The maximum Gasteiger partial charge on any atom is 0.268 e. The fraction of sp³-hybridized carbons (Fsp3) is 0.421. The minimum atomic E-state index is 0.0632. The van der Waals surface area contributed by atoms with Gasteiger partial charge in [-0.05, 0) is 43.7 Å². The summed E-state index contributed by atoms with van der Waals surface area (Å²) in [5.74, 6) is 0.867. The fourth-order valence-corrected chi connectivity index (χ4v) is 3.61. The van der Waals surface area contributed by atoms with Crippen LogP contribution in [0.1, 0.15) is 36.2 Å². The quantitative estimate of drug-likeness (QED) is 0.788. The molecule has 2 aromatic heterocycles. The zero-order chi connectivity index (χ0) is 15.6. The number of fused-ring (bicyclic) bond motifs is 3. The van der Waals surface area contributed by atoms with Crippen molar-refractivity contribution in [3.8, 4) is 0 Å². The predicted octanol–water partition coefficient (Wildman–Crippen LogP) is 3.44. The van der Waals surface area contributed by atoms with E-state index in [1.165, 1.54) is 34.8 Å². The van der Waals surface area contributed by atoms with Crippen LogP contribution in [0.5, 0.6) is 0 Å². The molecule has 1 N–H and O–H groups in total. The first kappa shape index (κ1) is 13.2. The Labute approximate surface area is 135 Å². The minimum absolute atomic E-state index is 0.0632. The number of hydrogen-bond donors (Lipinski definition) is 1. The van der Waals surface area contributed by atoms with Gasteiger partial charge in [0.15, 0.2) is 0 Å². The second-order valence-electron chi connectivity index (χ2n) is 7.14. The number of hydrogen-bond acceptors (Lipinski definition) is 1. The molecular formula is C19H21N3O. The first-order chi connectivity index (χ1) is 11.2. The third kappa shape index (κ3) is 2.08. The van der Waals surface area contributed by atoms with Crippen LogP contribution in [0.3, 0.4) is 0 Å². The summed E-state index contributed by atoms with van der Waals surface area (Å²) in [6.45, 7) is 1.07. The third-order valence-electron chi connectivity index (χ3n) is 5.24. The molecule has 0 spiro atoms. The highest BCUT2D eigenvalue weighted by Gasteiger charge is 2.28. The zero-order valence-corrected chi connectivity index (χ0v) is 13.4. The molecule has 1 amide bonds. The van der Waals surface area contributed by atoms with E-state index in [4.69, 9.17) is 0 Å². The predicted molar refractivity (Wildman–Crippen MR) is 91.6 cm³/mol. The molecule has 0 bridgehead atoms. The molecule has 2 heterocycles. The summed E-state index contributed by atoms with van der Waals surface area (Å²) in [6, 6.07) is 11.0. The van der Waals surface area contributed by atoms with E-state index in [9.17, 15) is 4.79 Å². The molecule has 118 valence electrons. The first-order valence-corrected chi connectivity index (χ1v) is 8.60. The van der Waals surface area contributed by atoms with E-state index >= 15 is 0 Å². The van der Waals surface area contributed by atoms with Crippen molar-refractivity contribution in [3.63, 3.8) is 0 Å². The molecule has 0 unspecified atom stereocenters. The Balaban J connectivity index is 1.70. The maximum absolute atomic E-state index is 12.5. The molecular weight excluding hydrogens is 286 g/mol. The van der Waals surface area contributed by atoms with Crippen LogP contribution in [-0.2, 0) is 13.6 Å². The van der Waals surface area contributed by atoms with Crippen LogP contribution in [0.2, 0.25) is 0 Å². The molecule has 1 aromatic carbocycles. The van der Waals surface area contributed by atoms with Gasteiger partial charge in [0.05, 0.1) is 16.6 Å². The summed E-state index contributed by atoms with van der Waals surface area (Å²) in [6.07, 6.45) is 4.89. The van der Waals surface area contributed by atoms with Gasteiger partial charge in [-0.25, -0.2) is 0 Å². The Bertz CT molecular complexity index is 925. The number of carbonyl (C=O) groups excluding carboxylic acids is 1. The lowest BCUT2D eigenvalue weighted by Crippen LogP contribution is -2.27. The lowest BCUT2D eigenvalue weighted by Gasteiger charge is -2.06. The SMILES string of the molecule is Cn1c(C(=O)NC2CC2)cc2c1c1ccccc1n2CC1CC1. The molecule has 0 atom stereocenters. The van der Waals surface area contributed by atoms with Crippen molar-refractivity contribution in [2.45, 2.75) is 38.3 Å². The normalized spacial score (nSPS) is 18.0. The summed E-state index contributed by atoms with van der Waals surface area (Å²) in [4.78, 5) is 12.5. The molecule has 0 radical (unpaired) electrons. The Kier molecular flexibility index (Phi) is 2.67. The average molecular weight is 307 g/mol. The summed E-state index contributed by atoms with van der Waals surface area (Å²) < 4.78 is 4.48. The van der Waals surface area contributed by atoms with Crippen molar-refractivity contribution in [2.75, 3.05) is 0 Å². The minimum Gasteiger partial charge on any atom is -0.348 e. The molecule has 0 saturated heterocycles. The van der Waals surface area contributed by atoms with E-state index in [0.29, 0.717) is 6.04 Å². The highest BCUT2D eigenvalue weighted by atomic mass is 16.2. The molecule has 23 heavy (non-hydrogen) atoms. The topological polar surface area (TPSA) is 39.0 Å². The number of benzene rings is 1. The highest BCUT2D eigenvalue weighted by Crippen LogP contribution is 2.37. The first-order valence-electron chi connectivity index (χ1n) is 8.60. The van der Waals surface area contributed by atoms with E-state index in [0.717, 1.165) is 31.0 Å². The molecule has 2 fully saturated rings. The van der Waals surface area contributed by atoms with Crippen molar-refractivity contribution in [1.82, 2.24) is 14.5 Å². The fourth-order valence-electron chi connectivity index (χ4n) is 3.61. The Morgan fingerprint density at radius 1 is 1.17 bits per heavy atom. The second kappa shape index (κ2) is 4.63.